The van der Waals surface area contributed by atoms with Crippen molar-refractivity contribution in [2.75, 3.05) is 6.61 Å². The molecule has 128 valence electrons. The van der Waals surface area contributed by atoms with Crippen LogP contribution in [0, 0.1) is 5.92 Å². The molecular weight excluding hydrogens is 292 g/mol. The summed E-state index contributed by atoms with van der Waals surface area (Å²) in [6.45, 7) is 10.5. The maximum absolute atomic E-state index is 12.2. The Morgan fingerprint density at radius 3 is 2.70 bits per heavy atom. The quantitative estimate of drug-likeness (QED) is 0.589. The number of hydrogen-bond donors (Lipinski definition) is 0. The van der Waals surface area contributed by atoms with Gasteiger partial charge >= 0.3 is 5.97 Å². The molecule has 1 atom stereocenters. The minimum atomic E-state index is -0.614. The predicted octanol–water partition coefficient (Wildman–Crippen LogP) is 3.89. The van der Waals surface area contributed by atoms with E-state index in [1.54, 1.807) is 0 Å². The van der Waals surface area contributed by atoms with Gasteiger partial charge in [0.1, 0.15) is 5.75 Å². The molecule has 0 aromatic heterocycles. The molecule has 0 amide bonds. The number of rotatable bonds is 6. The van der Waals surface area contributed by atoms with Crippen LogP contribution in [0.1, 0.15) is 52.2 Å². The molecular formula is C19H28O4. The molecule has 0 unspecified atom stereocenters. The molecule has 1 aliphatic rings. The van der Waals surface area contributed by atoms with Crippen LogP contribution in [0.15, 0.2) is 18.2 Å². The van der Waals surface area contributed by atoms with Crippen molar-refractivity contribution >= 4 is 5.97 Å². The van der Waals surface area contributed by atoms with E-state index in [1.807, 2.05) is 19.9 Å². The van der Waals surface area contributed by atoms with Gasteiger partial charge in [0.15, 0.2) is 5.79 Å². The third-order valence-corrected chi connectivity index (χ3v) is 3.84. The van der Waals surface area contributed by atoms with Gasteiger partial charge in [0.25, 0.3) is 0 Å². The summed E-state index contributed by atoms with van der Waals surface area (Å²) in [6.07, 6.45) is 1.78. The predicted molar refractivity (Wildman–Crippen MR) is 89.5 cm³/mol. The fourth-order valence-electron chi connectivity index (χ4n) is 2.80. The summed E-state index contributed by atoms with van der Waals surface area (Å²) in [5.74, 6) is 0.357. The Kier molecular flexibility index (Phi) is 5.82. The average molecular weight is 320 g/mol. The van der Waals surface area contributed by atoms with Gasteiger partial charge < -0.3 is 14.2 Å². The molecule has 1 fully saturated rings. The highest BCUT2D eigenvalue weighted by atomic mass is 16.7. The molecule has 0 bridgehead atoms. The minimum absolute atomic E-state index is 0.209. The van der Waals surface area contributed by atoms with Gasteiger partial charge in [0.05, 0.1) is 19.1 Å². The first-order chi connectivity index (χ1) is 10.8. The number of esters is 1. The second-order valence-electron chi connectivity index (χ2n) is 7.02. The van der Waals surface area contributed by atoms with E-state index >= 15 is 0 Å². The SMILES string of the molecule is CCc1ccc(CC(C)C)cc1OC(=O)C[C@H]1COC(C)(C)O1. The highest BCUT2D eigenvalue weighted by Gasteiger charge is 2.34. The largest absolute Gasteiger partial charge is 0.426 e. The van der Waals surface area contributed by atoms with E-state index in [-0.39, 0.29) is 18.5 Å². The number of carbonyl (C=O) groups excluding carboxylic acids is 1. The van der Waals surface area contributed by atoms with Crippen LogP contribution in [0.2, 0.25) is 0 Å². The highest BCUT2D eigenvalue weighted by Crippen LogP contribution is 2.26. The van der Waals surface area contributed by atoms with Crippen molar-refractivity contribution in [1.82, 2.24) is 0 Å². The van der Waals surface area contributed by atoms with Gasteiger partial charge in [-0.15, -0.1) is 0 Å². The van der Waals surface area contributed by atoms with Gasteiger partial charge in [-0.05, 0) is 49.8 Å². The Morgan fingerprint density at radius 2 is 2.13 bits per heavy atom. The lowest BCUT2D eigenvalue weighted by atomic mass is 10.0. The van der Waals surface area contributed by atoms with E-state index in [9.17, 15) is 4.79 Å². The van der Waals surface area contributed by atoms with Crippen LogP contribution in [0.4, 0.5) is 0 Å². The number of benzene rings is 1. The number of carbonyl (C=O) groups is 1. The summed E-state index contributed by atoms with van der Waals surface area (Å²) >= 11 is 0. The fourth-order valence-corrected chi connectivity index (χ4v) is 2.80. The molecule has 4 heteroatoms. The Labute approximate surface area is 139 Å². The van der Waals surface area contributed by atoms with Crippen molar-refractivity contribution in [3.63, 3.8) is 0 Å². The van der Waals surface area contributed by atoms with Crippen molar-refractivity contribution in [2.24, 2.45) is 5.92 Å². The van der Waals surface area contributed by atoms with E-state index in [2.05, 4.69) is 32.9 Å². The summed E-state index contributed by atoms with van der Waals surface area (Å²) in [5.41, 5.74) is 2.25. The first kappa shape index (κ1) is 18.0. The van der Waals surface area contributed by atoms with E-state index in [1.165, 1.54) is 5.56 Å². The smallest absolute Gasteiger partial charge is 0.313 e. The number of hydrogen-bond acceptors (Lipinski definition) is 4. The van der Waals surface area contributed by atoms with E-state index in [0.29, 0.717) is 18.3 Å². The van der Waals surface area contributed by atoms with Crippen LogP contribution in [0.5, 0.6) is 5.75 Å². The molecule has 0 spiro atoms. The molecule has 23 heavy (non-hydrogen) atoms. The van der Waals surface area contributed by atoms with Crippen LogP contribution in [-0.2, 0) is 27.1 Å². The molecule has 1 heterocycles. The third kappa shape index (κ3) is 5.33. The molecule has 2 rings (SSSR count). The van der Waals surface area contributed by atoms with Gasteiger partial charge in [0, 0.05) is 0 Å². The normalized spacial score (nSPS) is 20.0. The van der Waals surface area contributed by atoms with Crippen LogP contribution >= 0.6 is 0 Å². The fraction of sp³-hybridized carbons (Fsp3) is 0.632. The summed E-state index contributed by atoms with van der Waals surface area (Å²) in [6, 6.07) is 6.16. The molecule has 1 saturated heterocycles. The van der Waals surface area contributed by atoms with E-state index in [0.717, 1.165) is 18.4 Å². The lowest BCUT2D eigenvalue weighted by Crippen LogP contribution is -2.24. The van der Waals surface area contributed by atoms with Crippen LogP contribution < -0.4 is 4.74 Å². The average Bonchev–Trinajstić information content (AvgIpc) is 2.77. The Hall–Kier alpha value is -1.39. The Morgan fingerprint density at radius 1 is 1.39 bits per heavy atom. The lowest BCUT2D eigenvalue weighted by molar-refractivity contribution is -0.148. The van der Waals surface area contributed by atoms with Crippen molar-refractivity contribution in [1.29, 1.82) is 0 Å². The van der Waals surface area contributed by atoms with Crippen LogP contribution in [0.3, 0.4) is 0 Å². The first-order valence-corrected chi connectivity index (χ1v) is 8.43. The zero-order chi connectivity index (χ0) is 17.0. The lowest BCUT2D eigenvalue weighted by Gasteiger charge is -2.17. The molecule has 0 radical (unpaired) electrons. The topological polar surface area (TPSA) is 44.8 Å². The maximum Gasteiger partial charge on any atom is 0.313 e. The zero-order valence-corrected chi connectivity index (χ0v) is 14.8. The van der Waals surface area contributed by atoms with Crippen molar-refractivity contribution in [3.8, 4) is 5.75 Å². The summed E-state index contributed by atoms with van der Waals surface area (Å²) < 4.78 is 16.8. The number of ether oxygens (including phenoxy) is 3. The second-order valence-corrected chi connectivity index (χ2v) is 7.02. The molecule has 1 aromatic rings. The highest BCUT2D eigenvalue weighted by molar-refractivity contribution is 5.73. The van der Waals surface area contributed by atoms with Gasteiger partial charge in [-0.25, -0.2) is 0 Å². The Balaban J connectivity index is 2.01. The minimum Gasteiger partial charge on any atom is -0.426 e. The van der Waals surface area contributed by atoms with Crippen molar-refractivity contribution < 1.29 is 19.0 Å². The summed E-state index contributed by atoms with van der Waals surface area (Å²) in [5, 5.41) is 0. The first-order valence-electron chi connectivity index (χ1n) is 8.43. The molecule has 0 N–H and O–H groups in total. The van der Waals surface area contributed by atoms with E-state index in [4.69, 9.17) is 14.2 Å². The van der Waals surface area contributed by atoms with Gasteiger partial charge in [0.2, 0.25) is 0 Å². The van der Waals surface area contributed by atoms with Gasteiger partial charge in [-0.2, -0.15) is 0 Å². The second kappa shape index (κ2) is 7.45. The van der Waals surface area contributed by atoms with Gasteiger partial charge in [-0.3, -0.25) is 4.79 Å². The third-order valence-electron chi connectivity index (χ3n) is 3.84. The monoisotopic (exact) mass is 320 g/mol. The van der Waals surface area contributed by atoms with E-state index < -0.39 is 5.79 Å². The van der Waals surface area contributed by atoms with Crippen molar-refractivity contribution in [3.05, 3.63) is 29.3 Å². The molecule has 1 aliphatic heterocycles. The molecule has 0 aliphatic carbocycles. The van der Waals surface area contributed by atoms with Crippen LogP contribution in [0.25, 0.3) is 0 Å². The zero-order valence-electron chi connectivity index (χ0n) is 14.8. The van der Waals surface area contributed by atoms with Crippen LogP contribution in [-0.4, -0.2) is 24.5 Å². The van der Waals surface area contributed by atoms with Gasteiger partial charge in [-0.1, -0.05) is 32.9 Å². The maximum atomic E-state index is 12.2. The Bertz CT molecular complexity index is 548. The molecule has 1 aromatic carbocycles. The van der Waals surface area contributed by atoms with Crippen molar-refractivity contribution in [2.45, 2.75) is 65.8 Å². The molecule has 4 nitrogen and oxygen atoms in total. The standard InChI is InChI=1S/C19H28O4/c1-6-15-8-7-14(9-13(2)3)10-17(15)22-18(20)11-16-12-21-19(4,5)23-16/h7-8,10,13,16H,6,9,11-12H2,1-5H3/t16-/m0/s1. The summed E-state index contributed by atoms with van der Waals surface area (Å²) in [7, 11) is 0. The summed E-state index contributed by atoms with van der Waals surface area (Å²) in [4.78, 5) is 12.2. The number of aryl methyl sites for hydroxylation is 1. The molecule has 0 saturated carbocycles.